The second-order valence-corrected chi connectivity index (χ2v) is 7.74. The van der Waals surface area contributed by atoms with Crippen molar-refractivity contribution >= 4 is 20.9 Å². The van der Waals surface area contributed by atoms with Crippen LogP contribution in [0.15, 0.2) is 23.1 Å². The van der Waals surface area contributed by atoms with Gasteiger partial charge in [-0.1, -0.05) is 13.8 Å². The molecule has 2 aromatic rings. The van der Waals surface area contributed by atoms with E-state index in [1.54, 1.807) is 12.1 Å². The second-order valence-electron chi connectivity index (χ2n) is 5.72. The first-order chi connectivity index (χ1) is 9.79. The van der Waals surface area contributed by atoms with Crippen LogP contribution >= 0.6 is 0 Å². The van der Waals surface area contributed by atoms with Crippen LogP contribution in [0.3, 0.4) is 0 Å². The van der Waals surface area contributed by atoms with Gasteiger partial charge in [-0.25, -0.2) is 13.4 Å². The highest BCUT2D eigenvalue weighted by atomic mass is 32.2. The summed E-state index contributed by atoms with van der Waals surface area (Å²) in [7, 11) is -1.21. The Labute approximate surface area is 126 Å². The average molecular weight is 309 g/mol. The first kappa shape index (κ1) is 16.0. The van der Waals surface area contributed by atoms with Crippen molar-refractivity contribution in [3.05, 3.63) is 24.0 Å². The molecule has 0 radical (unpaired) electrons. The standard InChI is InChI=1S/C15H23N3O2S/c1-11(2)16-9-5-6-15-17-13-10-12(21(4,19)20)7-8-14(13)18(15)3/h7-8,10-11,16H,5-6,9H2,1-4H3. The van der Waals surface area contributed by atoms with E-state index in [2.05, 4.69) is 24.1 Å². The number of benzene rings is 1. The minimum atomic E-state index is -3.19. The van der Waals surface area contributed by atoms with Gasteiger partial charge in [-0.3, -0.25) is 0 Å². The van der Waals surface area contributed by atoms with Crippen molar-refractivity contribution in [3.8, 4) is 0 Å². The molecule has 1 heterocycles. The van der Waals surface area contributed by atoms with E-state index in [-0.39, 0.29) is 0 Å². The third-order valence-electron chi connectivity index (χ3n) is 3.50. The number of fused-ring (bicyclic) bond motifs is 1. The van der Waals surface area contributed by atoms with E-state index in [0.29, 0.717) is 10.9 Å². The predicted octanol–water partition coefficient (Wildman–Crippen LogP) is 1.91. The summed E-state index contributed by atoms with van der Waals surface area (Å²) in [4.78, 5) is 4.89. The fourth-order valence-electron chi connectivity index (χ4n) is 2.32. The first-order valence-electron chi connectivity index (χ1n) is 7.18. The number of nitrogens with one attached hydrogen (secondary N) is 1. The van der Waals surface area contributed by atoms with E-state index in [0.717, 1.165) is 36.2 Å². The molecule has 1 aromatic heterocycles. The fourth-order valence-corrected chi connectivity index (χ4v) is 2.96. The number of sulfone groups is 1. The van der Waals surface area contributed by atoms with Gasteiger partial charge in [0, 0.05) is 25.8 Å². The molecule has 0 saturated carbocycles. The number of aromatic nitrogens is 2. The van der Waals surface area contributed by atoms with E-state index in [1.165, 1.54) is 6.26 Å². The molecule has 21 heavy (non-hydrogen) atoms. The highest BCUT2D eigenvalue weighted by Crippen LogP contribution is 2.20. The topological polar surface area (TPSA) is 64.0 Å². The quantitative estimate of drug-likeness (QED) is 0.828. The second kappa shape index (κ2) is 6.15. The Morgan fingerprint density at radius 2 is 2.05 bits per heavy atom. The molecule has 5 nitrogen and oxygen atoms in total. The zero-order valence-electron chi connectivity index (χ0n) is 13.0. The van der Waals surface area contributed by atoms with Crippen LogP contribution in [-0.4, -0.2) is 36.8 Å². The van der Waals surface area contributed by atoms with E-state index in [4.69, 9.17) is 0 Å². The summed E-state index contributed by atoms with van der Waals surface area (Å²) in [5.74, 6) is 0.987. The Balaban J connectivity index is 2.20. The normalized spacial score (nSPS) is 12.4. The molecule has 0 aliphatic heterocycles. The Morgan fingerprint density at radius 1 is 1.33 bits per heavy atom. The fraction of sp³-hybridized carbons (Fsp3) is 0.533. The van der Waals surface area contributed by atoms with Crippen molar-refractivity contribution in [2.45, 2.75) is 37.6 Å². The molecule has 0 amide bonds. The van der Waals surface area contributed by atoms with Crippen molar-refractivity contribution in [2.24, 2.45) is 7.05 Å². The summed E-state index contributed by atoms with van der Waals surface area (Å²) in [6.07, 6.45) is 3.10. The van der Waals surface area contributed by atoms with Crippen LogP contribution in [0.2, 0.25) is 0 Å². The monoisotopic (exact) mass is 309 g/mol. The SMILES string of the molecule is CC(C)NCCCc1nc2cc(S(C)(=O)=O)ccc2n1C. The zero-order valence-corrected chi connectivity index (χ0v) is 13.9. The van der Waals surface area contributed by atoms with Gasteiger partial charge in [0.15, 0.2) is 9.84 Å². The first-order valence-corrected chi connectivity index (χ1v) is 9.07. The Bertz CT molecular complexity index is 733. The zero-order chi connectivity index (χ0) is 15.6. The van der Waals surface area contributed by atoms with Gasteiger partial charge in [-0.05, 0) is 31.2 Å². The van der Waals surface area contributed by atoms with Gasteiger partial charge in [0.2, 0.25) is 0 Å². The number of hydrogen-bond acceptors (Lipinski definition) is 4. The van der Waals surface area contributed by atoms with Crippen molar-refractivity contribution < 1.29 is 8.42 Å². The molecule has 0 unspecified atom stereocenters. The van der Waals surface area contributed by atoms with Crippen molar-refractivity contribution in [3.63, 3.8) is 0 Å². The molecule has 0 bridgehead atoms. The van der Waals surface area contributed by atoms with Crippen molar-refractivity contribution in [1.82, 2.24) is 14.9 Å². The highest BCUT2D eigenvalue weighted by molar-refractivity contribution is 7.90. The number of hydrogen-bond donors (Lipinski definition) is 1. The van der Waals surface area contributed by atoms with E-state index in [9.17, 15) is 8.42 Å². The van der Waals surface area contributed by atoms with E-state index in [1.807, 2.05) is 17.7 Å². The Morgan fingerprint density at radius 3 is 2.67 bits per heavy atom. The Kier molecular flexibility index (Phi) is 4.68. The predicted molar refractivity (Wildman–Crippen MR) is 85.3 cm³/mol. The molecule has 0 fully saturated rings. The van der Waals surface area contributed by atoms with Crippen molar-refractivity contribution in [1.29, 1.82) is 0 Å². The van der Waals surface area contributed by atoms with Crippen LogP contribution in [0, 0.1) is 0 Å². The van der Waals surface area contributed by atoms with Gasteiger partial charge in [0.05, 0.1) is 15.9 Å². The van der Waals surface area contributed by atoms with Crippen LogP contribution in [0.25, 0.3) is 11.0 Å². The molecule has 1 N–H and O–H groups in total. The largest absolute Gasteiger partial charge is 0.331 e. The summed E-state index contributed by atoms with van der Waals surface area (Å²) in [6, 6.07) is 5.61. The summed E-state index contributed by atoms with van der Waals surface area (Å²) in [6.45, 7) is 5.21. The number of imidazole rings is 1. The van der Waals surface area contributed by atoms with Crippen LogP contribution in [0.5, 0.6) is 0 Å². The smallest absolute Gasteiger partial charge is 0.175 e. The third-order valence-corrected chi connectivity index (χ3v) is 4.61. The van der Waals surface area contributed by atoms with Crippen LogP contribution < -0.4 is 5.32 Å². The lowest BCUT2D eigenvalue weighted by atomic mass is 10.3. The third kappa shape index (κ3) is 3.83. The van der Waals surface area contributed by atoms with E-state index >= 15 is 0 Å². The molecule has 6 heteroatoms. The van der Waals surface area contributed by atoms with Gasteiger partial charge in [-0.15, -0.1) is 0 Å². The maximum atomic E-state index is 11.6. The minimum absolute atomic E-state index is 0.320. The van der Waals surface area contributed by atoms with Gasteiger partial charge in [-0.2, -0.15) is 0 Å². The maximum Gasteiger partial charge on any atom is 0.175 e. The molecule has 0 aliphatic rings. The number of nitrogens with zero attached hydrogens (tertiary/aromatic N) is 2. The highest BCUT2D eigenvalue weighted by Gasteiger charge is 2.12. The Hall–Kier alpha value is -1.40. The van der Waals surface area contributed by atoms with Gasteiger partial charge < -0.3 is 9.88 Å². The molecule has 1 aromatic carbocycles. The number of aryl methyl sites for hydroxylation is 2. The summed E-state index contributed by atoms with van der Waals surface area (Å²) in [5.41, 5.74) is 1.71. The van der Waals surface area contributed by atoms with E-state index < -0.39 is 9.84 Å². The lowest BCUT2D eigenvalue weighted by molar-refractivity contribution is 0.563. The molecule has 0 atom stereocenters. The van der Waals surface area contributed by atoms with Crippen molar-refractivity contribution in [2.75, 3.05) is 12.8 Å². The molecule has 0 aliphatic carbocycles. The lowest BCUT2D eigenvalue weighted by Crippen LogP contribution is -2.24. The summed E-state index contributed by atoms with van der Waals surface area (Å²) >= 11 is 0. The molecule has 2 rings (SSSR count). The lowest BCUT2D eigenvalue weighted by Gasteiger charge is -2.07. The van der Waals surface area contributed by atoms with Gasteiger partial charge in [0.25, 0.3) is 0 Å². The van der Waals surface area contributed by atoms with Crippen LogP contribution in [-0.2, 0) is 23.3 Å². The summed E-state index contributed by atoms with van der Waals surface area (Å²) in [5, 5.41) is 3.38. The molecule has 116 valence electrons. The van der Waals surface area contributed by atoms with Crippen LogP contribution in [0.1, 0.15) is 26.1 Å². The molecule has 0 saturated heterocycles. The minimum Gasteiger partial charge on any atom is -0.331 e. The molecule has 0 spiro atoms. The van der Waals surface area contributed by atoms with Gasteiger partial charge in [0.1, 0.15) is 5.82 Å². The summed E-state index contributed by atoms with van der Waals surface area (Å²) < 4.78 is 25.2. The average Bonchev–Trinajstić information content (AvgIpc) is 2.70. The maximum absolute atomic E-state index is 11.6. The number of rotatable bonds is 6. The van der Waals surface area contributed by atoms with Gasteiger partial charge >= 0.3 is 0 Å². The molecular weight excluding hydrogens is 286 g/mol. The van der Waals surface area contributed by atoms with Crippen LogP contribution in [0.4, 0.5) is 0 Å². The molecular formula is C15H23N3O2S.